The number of nitrogens with zero attached hydrogens (tertiary/aromatic N) is 1. The number of hydrogen-bond donors (Lipinski definition) is 2. The second-order valence-electron chi connectivity index (χ2n) is 5.77. The zero-order chi connectivity index (χ0) is 13.0. The summed E-state index contributed by atoms with van der Waals surface area (Å²) < 4.78 is 5.30. The Kier molecular flexibility index (Phi) is 4.59. The molecule has 1 aliphatic heterocycles. The van der Waals surface area contributed by atoms with Crippen molar-refractivity contribution in [3.63, 3.8) is 0 Å². The number of nitrogens with two attached hydrogens (primary N) is 1. The lowest BCUT2D eigenvalue weighted by Gasteiger charge is -2.38. The molecule has 1 aliphatic carbocycles. The molecule has 2 aliphatic rings. The van der Waals surface area contributed by atoms with Crippen LogP contribution in [-0.2, 0) is 9.53 Å². The summed E-state index contributed by atoms with van der Waals surface area (Å²) in [6, 6.07) is 0.180. The first-order valence-corrected chi connectivity index (χ1v) is 6.96. The Morgan fingerprint density at radius 2 is 2.11 bits per heavy atom. The number of morpholine rings is 1. The molecule has 2 fully saturated rings. The number of hydrogen-bond acceptors (Lipinski definition) is 4. The lowest BCUT2D eigenvalue weighted by Crippen LogP contribution is -2.52. The van der Waals surface area contributed by atoms with Gasteiger partial charge in [-0.15, -0.1) is 0 Å². The maximum atomic E-state index is 11.9. The van der Waals surface area contributed by atoms with E-state index in [1.165, 1.54) is 0 Å². The zero-order valence-corrected chi connectivity index (χ0v) is 11.3. The van der Waals surface area contributed by atoms with Crippen LogP contribution in [0.15, 0.2) is 0 Å². The number of nitrogens with one attached hydrogen (secondary N) is 1. The molecule has 0 bridgehead atoms. The van der Waals surface area contributed by atoms with Crippen LogP contribution in [0.4, 0.5) is 0 Å². The van der Waals surface area contributed by atoms with Crippen LogP contribution < -0.4 is 11.1 Å². The first-order chi connectivity index (χ1) is 8.57. The third-order valence-electron chi connectivity index (χ3n) is 3.91. The number of carbonyl (C=O) groups is 1. The Morgan fingerprint density at radius 1 is 1.44 bits per heavy atom. The van der Waals surface area contributed by atoms with Crippen molar-refractivity contribution >= 4 is 5.91 Å². The number of ether oxygens (including phenoxy) is 1. The van der Waals surface area contributed by atoms with Crippen molar-refractivity contribution in [2.24, 2.45) is 5.73 Å². The zero-order valence-electron chi connectivity index (χ0n) is 11.3. The highest BCUT2D eigenvalue weighted by atomic mass is 16.5. The first-order valence-electron chi connectivity index (χ1n) is 6.96. The smallest absolute Gasteiger partial charge is 0.222 e. The van der Waals surface area contributed by atoms with Crippen molar-refractivity contribution < 1.29 is 9.53 Å². The lowest BCUT2D eigenvalue weighted by molar-refractivity contribution is -0.123. The number of amides is 1. The molecule has 3 N–H and O–H groups in total. The van der Waals surface area contributed by atoms with Gasteiger partial charge in [-0.3, -0.25) is 9.69 Å². The Hall–Kier alpha value is -0.650. The van der Waals surface area contributed by atoms with Gasteiger partial charge < -0.3 is 15.8 Å². The van der Waals surface area contributed by atoms with E-state index >= 15 is 0 Å². The predicted octanol–water partition coefficient (Wildman–Crippen LogP) is 0.0948. The summed E-state index contributed by atoms with van der Waals surface area (Å²) in [6.07, 6.45) is 3.60. The van der Waals surface area contributed by atoms with Crippen LogP contribution in [0.1, 0.15) is 32.6 Å². The topological polar surface area (TPSA) is 67.6 Å². The normalized spacial score (nSPS) is 25.2. The summed E-state index contributed by atoms with van der Waals surface area (Å²) >= 11 is 0. The number of rotatable bonds is 5. The quantitative estimate of drug-likeness (QED) is 0.731. The molecular weight excluding hydrogens is 230 g/mol. The fourth-order valence-corrected chi connectivity index (χ4v) is 2.67. The molecule has 1 atom stereocenters. The molecule has 0 aromatic carbocycles. The predicted molar refractivity (Wildman–Crippen MR) is 70.3 cm³/mol. The minimum absolute atomic E-state index is 0.0953. The molecule has 0 spiro atoms. The molecular formula is C13H25N3O2. The monoisotopic (exact) mass is 255 g/mol. The molecule has 1 saturated heterocycles. The Balaban J connectivity index is 1.66. The molecule has 1 unspecified atom stereocenters. The van der Waals surface area contributed by atoms with Crippen LogP contribution in [0.25, 0.3) is 0 Å². The Morgan fingerprint density at radius 3 is 2.67 bits per heavy atom. The van der Waals surface area contributed by atoms with E-state index in [1.54, 1.807) is 0 Å². The molecule has 0 radical (unpaired) electrons. The molecule has 5 nitrogen and oxygen atoms in total. The van der Waals surface area contributed by atoms with E-state index in [9.17, 15) is 4.79 Å². The van der Waals surface area contributed by atoms with Gasteiger partial charge in [-0.05, 0) is 26.2 Å². The molecule has 1 amide bonds. The molecule has 0 aromatic heterocycles. The third kappa shape index (κ3) is 3.93. The van der Waals surface area contributed by atoms with Crippen LogP contribution in [0, 0.1) is 0 Å². The molecule has 5 heteroatoms. The van der Waals surface area contributed by atoms with Crippen molar-refractivity contribution in [2.75, 3.05) is 32.8 Å². The summed E-state index contributed by atoms with van der Waals surface area (Å²) in [6.45, 7) is 6.46. The second kappa shape index (κ2) is 5.99. The average Bonchev–Trinajstić information content (AvgIpc) is 2.27. The summed E-state index contributed by atoms with van der Waals surface area (Å²) in [5, 5.41) is 3.05. The van der Waals surface area contributed by atoms with E-state index < -0.39 is 0 Å². The minimum Gasteiger partial charge on any atom is -0.379 e. The molecule has 1 saturated carbocycles. The minimum atomic E-state index is -0.219. The average molecular weight is 255 g/mol. The van der Waals surface area contributed by atoms with Crippen LogP contribution in [-0.4, -0.2) is 55.2 Å². The molecule has 18 heavy (non-hydrogen) atoms. The standard InChI is InChI=1S/C13H25N3O2/c1-11(10-16-5-7-18-8-6-16)15-12(17)9-13(14)3-2-4-13/h11H,2-10,14H2,1H3,(H,15,17). The van der Waals surface area contributed by atoms with Crippen molar-refractivity contribution in [1.29, 1.82) is 0 Å². The van der Waals surface area contributed by atoms with Gasteiger partial charge in [0.2, 0.25) is 5.91 Å². The van der Waals surface area contributed by atoms with E-state index in [1.807, 2.05) is 0 Å². The highest BCUT2D eigenvalue weighted by Gasteiger charge is 2.34. The van der Waals surface area contributed by atoms with Crippen LogP contribution in [0.2, 0.25) is 0 Å². The van der Waals surface area contributed by atoms with Gasteiger partial charge in [0, 0.05) is 37.6 Å². The van der Waals surface area contributed by atoms with Gasteiger partial charge in [0.15, 0.2) is 0 Å². The lowest BCUT2D eigenvalue weighted by atomic mass is 9.75. The second-order valence-corrected chi connectivity index (χ2v) is 5.77. The highest BCUT2D eigenvalue weighted by molar-refractivity contribution is 5.77. The number of carbonyl (C=O) groups excluding carboxylic acids is 1. The van der Waals surface area contributed by atoms with Crippen molar-refractivity contribution in [3.05, 3.63) is 0 Å². The van der Waals surface area contributed by atoms with Gasteiger partial charge in [-0.1, -0.05) is 0 Å². The van der Waals surface area contributed by atoms with Crippen molar-refractivity contribution in [1.82, 2.24) is 10.2 Å². The summed E-state index contributed by atoms with van der Waals surface area (Å²) in [4.78, 5) is 14.2. The van der Waals surface area contributed by atoms with E-state index in [0.29, 0.717) is 6.42 Å². The fraction of sp³-hybridized carbons (Fsp3) is 0.923. The van der Waals surface area contributed by atoms with Gasteiger partial charge in [0.1, 0.15) is 0 Å². The maximum absolute atomic E-state index is 11.9. The van der Waals surface area contributed by atoms with Gasteiger partial charge in [0.05, 0.1) is 13.2 Å². The molecule has 104 valence electrons. The Labute approximate surface area is 109 Å². The van der Waals surface area contributed by atoms with Crippen molar-refractivity contribution in [2.45, 2.75) is 44.2 Å². The maximum Gasteiger partial charge on any atom is 0.222 e. The SMILES string of the molecule is CC(CN1CCOCC1)NC(=O)CC1(N)CCC1. The summed E-state index contributed by atoms with van der Waals surface area (Å²) in [5.41, 5.74) is 5.86. The summed E-state index contributed by atoms with van der Waals surface area (Å²) in [7, 11) is 0. The fourth-order valence-electron chi connectivity index (χ4n) is 2.67. The van der Waals surface area contributed by atoms with Gasteiger partial charge in [-0.2, -0.15) is 0 Å². The Bertz CT molecular complexity index is 286. The summed E-state index contributed by atoms with van der Waals surface area (Å²) in [5.74, 6) is 0.0953. The van der Waals surface area contributed by atoms with Crippen LogP contribution in [0.3, 0.4) is 0 Å². The van der Waals surface area contributed by atoms with E-state index in [2.05, 4.69) is 17.1 Å². The van der Waals surface area contributed by atoms with Crippen LogP contribution in [0.5, 0.6) is 0 Å². The van der Waals surface area contributed by atoms with Gasteiger partial charge in [-0.25, -0.2) is 0 Å². The molecule has 0 aromatic rings. The first kappa shape index (κ1) is 13.8. The van der Waals surface area contributed by atoms with Crippen LogP contribution >= 0.6 is 0 Å². The van der Waals surface area contributed by atoms with Gasteiger partial charge >= 0.3 is 0 Å². The molecule has 2 rings (SSSR count). The largest absolute Gasteiger partial charge is 0.379 e. The van der Waals surface area contributed by atoms with E-state index in [0.717, 1.165) is 52.1 Å². The van der Waals surface area contributed by atoms with E-state index in [4.69, 9.17) is 10.5 Å². The third-order valence-corrected chi connectivity index (χ3v) is 3.91. The van der Waals surface area contributed by atoms with Gasteiger partial charge in [0.25, 0.3) is 0 Å². The molecule has 1 heterocycles. The van der Waals surface area contributed by atoms with E-state index in [-0.39, 0.29) is 17.5 Å². The van der Waals surface area contributed by atoms with Crippen molar-refractivity contribution in [3.8, 4) is 0 Å². The highest BCUT2D eigenvalue weighted by Crippen LogP contribution is 2.31.